The third-order valence-corrected chi connectivity index (χ3v) is 3.13. The lowest BCUT2D eigenvalue weighted by molar-refractivity contribution is 0.414. The molecule has 0 amide bonds. The molecule has 0 spiro atoms. The molecule has 1 aromatic carbocycles. The van der Waals surface area contributed by atoms with Gasteiger partial charge >= 0.3 is 0 Å². The second kappa shape index (κ2) is 5.10. The van der Waals surface area contributed by atoms with E-state index in [1.165, 1.54) is 0 Å². The van der Waals surface area contributed by atoms with Crippen LogP contribution in [0, 0.1) is 5.92 Å². The van der Waals surface area contributed by atoms with Crippen molar-refractivity contribution in [3.8, 4) is 5.75 Å². The van der Waals surface area contributed by atoms with Crippen molar-refractivity contribution in [2.45, 2.75) is 26.8 Å². The molecule has 3 heteroatoms. The van der Waals surface area contributed by atoms with E-state index < -0.39 is 0 Å². The Labute approximate surface area is 98.2 Å². The second-order valence-electron chi connectivity index (χ2n) is 4.56. The van der Waals surface area contributed by atoms with E-state index in [-0.39, 0.29) is 0 Å². The number of hydrogen-bond acceptors (Lipinski definition) is 3. The summed E-state index contributed by atoms with van der Waals surface area (Å²) in [5.74, 6) is 1.40. The van der Waals surface area contributed by atoms with E-state index in [2.05, 4.69) is 32.7 Å². The van der Waals surface area contributed by atoms with Crippen LogP contribution >= 0.6 is 0 Å². The molecule has 2 N–H and O–H groups in total. The Morgan fingerprint density at radius 2 is 1.81 bits per heavy atom. The molecule has 1 aromatic rings. The van der Waals surface area contributed by atoms with Gasteiger partial charge in [-0.1, -0.05) is 13.8 Å². The highest BCUT2D eigenvalue weighted by molar-refractivity contribution is 5.60. The van der Waals surface area contributed by atoms with E-state index in [0.717, 1.165) is 17.1 Å². The van der Waals surface area contributed by atoms with E-state index in [1.54, 1.807) is 7.11 Å². The number of hydrogen-bond donors (Lipinski definition) is 1. The van der Waals surface area contributed by atoms with Crippen LogP contribution in [-0.4, -0.2) is 20.2 Å². The first-order chi connectivity index (χ1) is 7.45. The van der Waals surface area contributed by atoms with E-state index in [1.807, 2.05) is 18.2 Å². The molecular weight excluding hydrogens is 200 g/mol. The molecule has 1 unspecified atom stereocenters. The summed E-state index contributed by atoms with van der Waals surface area (Å²) in [7, 11) is 3.74. The molecule has 0 aliphatic carbocycles. The highest BCUT2D eigenvalue weighted by Crippen LogP contribution is 2.27. The van der Waals surface area contributed by atoms with Gasteiger partial charge in [-0.3, -0.25) is 0 Å². The Morgan fingerprint density at radius 1 is 1.19 bits per heavy atom. The van der Waals surface area contributed by atoms with Gasteiger partial charge in [-0.05, 0) is 18.9 Å². The first-order valence-corrected chi connectivity index (χ1v) is 5.63. The number of rotatable bonds is 4. The first-order valence-electron chi connectivity index (χ1n) is 5.63. The molecule has 0 fully saturated rings. The zero-order chi connectivity index (χ0) is 12.3. The van der Waals surface area contributed by atoms with Gasteiger partial charge in [0, 0.05) is 36.6 Å². The lowest BCUT2D eigenvalue weighted by atomic mass is 10.0. The van der Waals surface area contributed by atoms with Gasteiger partial charge in [0.2, 0.25) is 0 Å². The summed E-state index contributed by atoms with van der Waals surface area (Å²) in [5, 5.41) is 0. The largest absolute Gasteiger partial charge is 0.497 e. The Balaban J connectivity index is 2.98. The standard InChI is InChI=1S/C13H22N2O/c1-9(2)10(3)15(4)12-6-11(14)7-13(8-12)16-5/h6-10H,14H2,1-5H3. The molecule has 0 saturated heterocycles. The summed E-state index contributed by atoms with van der Waals surface area (Å²) in [6.07, 6.45) is 0. The monoisotopic (exact) mass is 222 g/mol. The summed E-state index contributed by atoms with van der Waals surface area (Å²) >= 11 is 0. The lowest BCUT2D eigenvalue weighted by Crippen LogP contribution is -2.33. The van der Waals surface area contributed by atoms with Crippen molar-refractivity contribution in [3.63, 3.8) is 0 Å². The third-order valence-electron chi connectivity index (χ3n) is 3.13. The summed E-state index contributed by atoms with van der Waals surface area (Å²) in [6, 6.07) is 6.28. The smallest absolute Gasteiger partial charge is 0.122 e. The Kier molecular flexibility index (Phi) is 4.05. The number of nitrogen functional groups attached to an aromatic ring is 1. The average molecular weight is 222 g/mol. The molecule has 90 valence electrons. The summed E-state index contributed by atoms with van der Waals surface area (Å²) < 4.78 is 5.22. The van der Waals surface area contributed by atoms with E-state index in [4.69, 9.17) is 10.5 Å². The van der Waals surface area contributed by atoms with E-state index in [9.17, 15) is 0 Å². The molecule has 0 saturated carbocycles. The minimum Gasteiger partial charge on any atom is -0.497 e. The molecule has 16 heavy (non-hydrogen) atoms. The maximum absolute atomic E-state index is 5.84. The molecule has 0 aliphatic rings. The Hall–Kier alpha value is -1.38. The fraction of sp³-hybridized carbons (Fsp3) is 0.538. The van der Waals surface area contributed by atoms with Crippen molar-refractivity contribution in [1.29, 1.82) is 0 Å². The zero-order valence-electron chi connectivity index (χ0n) is 10.8. The van der Waals surface area contributed by atoms with Crippen LogP contribution in [-0.2, 0) is 0 Å². The molecule has 0 aliphatic heterocycles. The quantitative estimate of drug-likeness (QED) is 0.796. The second-order valence-corrected chi connectivity index (χ2v) is 4.56. The van der Waals surface area contributed by atoms with Crippen LogP contribution in [0.2, 0.25) is 0 Å². The fourth-order valence-corrected chi connectivity index (χ4v) is 1.61. The SMILES string of the molecule is COc1cc(N)cc(N(C)C(C)C(C)C)c1. The first kappa shape index (κ1) is 12.7. The normalized spacial score (nSPS) is 12.6. The van der Waals surface area contributed by atoms with Gasteiger partial charge in [-0.2, -0.15) is 0 Å². The van der Waals surface area contributed by atoms with Crippen LogP contribution in [0.3, 0.4) is 0 Å². The van der Waals surface area contributed by atoms with Crippen LogP contribution < -0.4 is 15.4 Å². The predicted molar refractivity (Wildman–Crippen MR) is 70.1 cm³/mol. The maximum atomic E-state index is 5.84. The highest BCUT2D eigenvalue weighted by Gasteiger charge is 2.14. The van der Waals surface area contributed by atoms with Gasteiger partial charge in [-0.25, -0.2) is 0 Å². The lowest BCUT2D eigenvalue weighted by Gasteiger charge is -2.30. The Morgan fingerprint density at radius 3 is 2.31 bits per heavy atom. The molecule has 1 atom stereocenters. The molecule has 0 aromatic heterocycles. The maximum Gasteiger partial charge on any atom is 0.122 e. The van der Waals surface area contributed by atoms with Gasteiger partial charge in [0.15, 0.2) is 0 Å². The van der Waals surface area contributed by atoms with Gasteiger partial charge in [0.1, 0.15) is 5.75 Å². The highest BCUT2D eigenvalue weighted by atomic mass is 16.5. The van der Waals surface area contributed by atoms with Crippen molar-refractivity contribution in [2.75, 3.05) is 24.8 Å². The van der Waals surface area contributed by atoms with Crippen molar-refractivity contribution in [3.05, 3.63) is 18.2 Å². The third kappa shape index (κ3) is 2.81. The van der Waals surface area contributed by atoms with Gasteiger partial charge in [0.05, 0.1) is 7.11 Å². The zero-order valence-corrected chi connectivity index (χ0v) is 10.8. The minimum atomic E-state index is 0.464. The van der Waals surface area contributed by atoms with Crippen LogP contribution in [0.4, 0.5) is 11.4 Å². The summed E-state index contributed by atoms with van der Waals surface area (Å²) in [4.78, 5) is 2.23. The van der Waals surface area contributed by atoms with Gasteiger partial charge < -0.3 is 15.4 Å². The van der Waals surface area contributed by atoms with Gasteiger partial charge in [0.25, 0.3) is 0 Å². The number of nitrogens with two attached hydrogens (primary N) is 1. The average Bonchev–Trinajstić information content (AvgIpc) is 2.25. The molecule has 0 radical (unpaired) electrons. The predicted octanol–water partition coefficient (Wildman–Crippen LogP) is 2.76. The van der Waals surface area contributed by atoms with E-state index in [0.29, 0.717) is 12.0 Å². The van der Waals surface area contributed by atoms with Crippen LogP contribution in [0.5, 0.6) is 5.75 Å². The van der Waals surface area contributed by atoms with Crippen molar-refractivity contribution in [2.24, 2.45) is 5.92 Å². The number of nitrogens with zero attached hydrogens (tertiary/aromatic N) is 1. The Bertz CT molecular complexity index is 350. The van der Waals surface area contributed by atoms with Crippen molar-refractivity contribution >= 4 is 11.4 Å². The number of methoxy groups -OCH3 is 1. The van der Waals surface area contributed by atoms with Crippen molar-refractivity contribution < 1.29 is 4.74 Å². The fourth-order valence-electron chi connectivity index (χ4n) is 1.61. The van der Waals surface area contributed by atoms with Gasteiger partial charge in [-0.15, -0.1) is 0 Å². The van der Waals surface area contributed by atoms with Crippen molar-refractivity contribution in [1.82, 2.24) is 0 Å². The van der Waals surface area contributed by atoms with E-state index >= 15 is 0 Å². The topological polar surface area (TPSA) is 38.5 Å². The van der Waals surface area contributed by atoms with Crippen LogP contribution in [0.25, 0.3) is 0 Å². The number of anilines is 2. The summed E-state index contributed by atoms with van der Waals surface area (Å²) in [6.45, 7) is 6.63. The van der Waals surface area contributed by atoms with Crippen LogP contribution in [0.15, 0.2) is 18.2 Å². The number of ether oxygens (including phenoxy) is 1. The molecule has 3 nitrogen and oxygen atoms in total. The molecular formula is C13H22N2O. The minimum absolute atomic E-state index is 0.464. The number of benzene rings is 1. The molecule has 0 bridgehead atoms. The molecule has 0 heterocycles. The summed E-state index contributed by atoms with van der Waals surface area (Å²) in [5.41, 5.74) is 7.67. The van der Waals surface area contributed by atoms with Crippen LogP contribution in [0.1, 0.15) is 20.8 Å². The molecule has 1 rings (SSSR count).